The molecule has 0 aromatic heterocycles. The third-order valence-electron chi connectivity index (χ3n) is 14.1. The van der Waals surface area contributed by atoms with Crippen LogP contribution < -0.4 is 28.4 Å². The van der Waals surface area contributed by atoms with E-state index in [9.17, 15) is 59.4 Å². The van der Waals surface area contributed by atoms with Gasteiger partial charge in [0.25, 0.3) is 0 Å². The van der Waals surface area contributed by atoms with Crippen LogP contribution in [0.4, 0.5) is 0 Å². The zero-order valence-electron chi connectivity index (χ0n) is 43.6. The Morgan fingerprint density at radius 1 is 0.259 bits per heavy atom. The highest BCUT2D eigenvalue weighted by atomic mass is 16.5. The number of hydrogen-bond donors (Lipinski definition) is 6. The maximum atomic E-state index is 13.5. The van der Waals surface area contributed by atoms with Gasteiger partial charge in [0.05, 0.1) is 73.0 Å². The van der Waals surface area contributed by atoms with E-state index in [4.69, 9.17) is 28.4 Å². The van der Waals surface area contributed by atoms with Crippen LogP contribution in [0, 0.1) is 0 Å². The Morgan fingerprint density at radius 3 is 0.704 bits per heavy atom. The largest absolute Gasteiger partial charge is 0.504 e. The van der Waals surface area contributed by atoms with E-state index in [0.29, 0.717) is 94.9 Å². The summed E-state index contributed by atoms with van der Waals surface area (Å²) in [6.45, 7) is 1.29. The van der Waals surface area contributed by atoms with Crippen LogP contribution in [0.1, 0.15) is 153 Å². The number of benzene rings is 7. The van der Waals surface area contributed by atoms with Crippen molar-refractivity contribution in [2.75, 3.05) is 39.6 Å². The molecule has 3 aliphatic carbocycles. The van der Waals surface area contributed by atoms with Gasteiger partial charge in [-0.05, 0) is 57.8 Å². The smallest absolute Gasteiger partial charge is 0.198 e. The second kappa shape index (κ2) is 23.6. The molecule has 414 valence electrons. The fraction of sp³-hybridized carbons (Fsp3) is 0.238. The summed E-state index contributed by atoms with van der Waals surface area (Å²) >= 11 is 0. The Balaban J connectivity index is 0.724. The summed E-state index contributed by atoms with van der Waals surface area (Å²) in [5, 5.41) is 63.1. The highest BCUT2D eigenvalue weighted by molar-refractivity contribution is 6.32. The Hall–Kier alpha value is -9.84. The molecule has 81 heavy (non-hydrogen) atoms. The standard InChI is InChI=1S/C63H54O18/c64-43-31-46(49-52(61(43)73)58(70)40-19-7-4-16-37(40)55(49)67)79-25-13-1-10-22-76-34-28-35(77-23-11-2-14-26-80-47-32-44(65)62(74)53-50(47)56(68)38-17-5-8-20-41(38)59(53)71)30-36(29-34)78-24-12-3-15-27-81-48-33-45(66)63(75)54-51(48)57(69)39-18-6-9-21-42(39)60(54)72/h4-9,16-21,28-33,64-66,73-75H,1-3,10-15,22-27H2. The van der Waals surface area contributed by atoms with Crippen LogP contribution in [0.25, 0.3) is 0 Å². The predicted octanol–water partition coefficient (Wildman–Crippen LogP) is 10.1. The molecule has 18 nitrogen and oxygen atoms in total. The first-order chi connectivity index (χ1) is 39.2. The summed E-state index contributed by atoms with van der Waals surface area (Å²) in [7, 11) is 0. The van der Waals surface area contributed by atoms with E-state index in [1.807, 2.05) is 0 Å². The van der Waals surface area contributed by atoms with Crippen LogP contribution in [0.3, 0.4) is 0 Å². The SMILES string of the molecule is O=C1c2ccccc2C(=O)c2c(O)c(O)cc(OCCCCCOc3cc(OCCCCCOc4cc(O)c(O)c5c4C(=O)c4ccccc4C5=O)cc(OCCCCCOc4cc(O)c(O)c5c4C(=O)c4ccccc4C5=O)c3)c21. The predicted molar refractivity (Wildman–Crippen MR) is 290 cm³/mol. The first-order valence-electron chi connectivity index (χ1n) is 26.5. The minimum Gasteiger partial charge on any atom is -0.504 e. The summed E-state index contributed by atoms with van der Waals surface area (Å²) in [4.78, 5) is 80.3. The van der Waals surface area contributed by atoms with Gasteiger partial charge in [0.15, 0.2) is 69.2 Å². The molecule has 18 heteroatoms. The topological polar surface area (TPSA) is 279 Å². The molecule has 0 saturated carbocycles. The van der Waals surface area contributed by atoms with Crippen LogP contribution in [0.5, 0.6) is 69.0 Å². The van der Waals surface area contributed by atoms with E-state index >= 15 is 0 Å². The molecule has 0 spiro atoms. The van der Waals surface area contributed by atoms with Gasteiger partial charge < -0.3 is 59.1 Å². The van der Waals surface area contributed by atoms with Crippen LogP contribution in [0.2, 0.25) is 0 Å². The molecule has 0 radical (unpaired) electrons. The Bertz CT molecular complexity index is 3300. The molecule has 3 aliphatic rings. The van der Waals surface area contributed by atoms with Crippen molar-refractivity contribution >= 4 is 34.7 Å². The molecular formula is C63H54O18. The van der Waals surface area contributed by atoms with Crippen LogP contribution in [-0.4, -0.2) is 105 Å². The molecule has 0 unspecified atom stereocenters. The summed E-state index contributed by atoms with van der Waals surface area (Å²) in [5.74, 6) is -5.68. The van der Waals surface area contributed by atoms with Crippen LogP contribution in [0.15, 0.2) is 109 Å². The van der Waals surface area contributed by atoms with Crippen molar-refractivity contribution in [1.82, 2.24) is 0 Å². The molecule has 0 bridgehead atoms. The third kappa shape index (κ3) is 10.9. The van der Waals surface area contributed by atoms with Crippen molar-refractivity contribution in [3.63, 3.8) is 0 Å². The number of fused-ring (bicyclic) bond motifs is 6. The molecule has 0 saturated heterocycles. The number of carbonyl (C=O) groups is 6. The second-order valence-electron chi connectivity index (χ2n) is 19.5. The van der Waals surface area contributed by atoms with E-state index in [1.165, 1.54) is 36.4 Å². The summed E-state index contributed by atoms with van der Waals surface area (Å²) in [5.41, 5.74) is -0.309. The van der Waals surface area contributed by atoms with Gasteiger partial charge in [-0.1, -0.05) is 72.8 Å². The average Bonchev–Trinajstić information content (AvgIpc) is 3.26. The highest BCUT2D eigenvalue weighted by Crippen LogP contribution is 2.46. The molecule has 6 N–H and O–H groups in total. The van der Waals surface area contributed by atoms with E-state index in [0.717, 1.165) is 18.2 Å². The van der Waals surface area contributed by atoms with Crippen molar-refractivity contribution in [1.29, 1.82) is 0 Å². The first-order valence-corrected chi connectivity index (χ1v) is 26.5. The molecule has 7 aromatic carbocycles. The van der Waals surface area contributed by atoms with E-state index in [-0.39, 0.29) is 104 Å². The summed E-state index contributed by atoms with van der Waals surface area (Å²) in [6.07, 6.45) is 5.22. The van der Waals surface area contributed by atoms with Crippen molar-refractivity contribution in [2.45, 2.75) is 57.8 Å². The van der Waals surface area contributed by atoms with Gasteiger partial charge in [-0.2, -0.15) is 0 Å². The zero-order valence-corrected chi connectivity index (χ0v) is 43.6. The lowest BCUT2D eigenvalue weighted by Gasteiger charge is -2.21. The molecule has 0 atom stereocenters. The molecule has 0 amide bonds. The number of phenols is 6. The molecule has 0 heterocycles. The Morgan fingerprint density at radius 2 is 0.469 bits per heavy atom. The van der Waals surface area contributed by atoms with Gasteiger partial charge in [-0.3, -0.25) is 28.8 Å². The molecule has 0 aliphatic heterocycles. The maximum absolute atomic E-state index is 13.5. The number of phenolic OH excluding ortho intramolecular Hbond substituents is 6. The third-order valence-corrected chi connectivity index (χ3v) is 14.1. The molecule has 7 aromatic rings. The second-order valence-corrected chi connectivity index (χ2v) is 19.5. The Kier molecular flexibility index (Phi) is 15.9. The number of rotatable bonds is 24. The van der Waals surface area contributed by atoms with Crippen LogP contribution >= 0.6 is 0 Å². The number of aromatic hydroxyl groups is 6. The number of carbonyl (C=O) groups excluding carboxylic acids is 6. The highest BCUT2D eigenvalue weighted by Gasteiger charge is 2.39. The minimum atomic E-state index is -0.684. The molecular weight excluding hydrogens is 1040 g/mol. The minimum absolute atomic E-state index is 0.0105. The lowest BCUT2D eigenvalue weighted by molar-refractivity contribution is 0.0972. The first kappa shape index (κ1) is 54.5. The van der Waals surface area contributed by atoms with Crippen molar-refractivity contribution < 1.29 is 87.8 Å². The fourth-order valence-electron chi connectivity index (χ4n) is 10.1. The maximum Gasteiger partial charge on any atom is 0.198 e. The number of hydrogen-bond acceptors (Lipinski definition) is 18. The lowest BCUT2D eigenvalue weighted by Crippen LogP contribution is -2.22. The quantitative estimate of drug-likeness (QED) is 0.0242. The number of ether oxygens (including phenoxy) is 6. The Labute approximate surface area is 463 Å². The summed E-state index contributed by atoms with van der Waals surface area (Å²) in [6, 6.07) is 27.4. The van der Waals surface area contributed by atoms with Gasteiger partial charge in [0.2, 0.25) is 0 Å². The molecule has 10 rings (SSSR count). The van der Waals surface area contributed by atoms with Gasteiger partial charge in [0.1, 0.15) is 34.5 Å². The van der Waals surface area contributed by atoms with Gasteiger partial charge in [-0.15, -0.1) is 0 Å². The van der Waals surface area contributed by atoms with Gasteiger partial charge in [-0.25, -0.2) is 0 Å². The fourth-order valence-corrected chi connectivity index (χ4v) is 10.1. The molecule has 0 fully saturated rings. The van der Waals surface area contributed by atoms with Crippen molar-refractivity contribution in [3.05, 3.63) is 176 Å². The van der Waals surface area contributed by atoms with Gasteiger partial charge >= 0.3 is 0 Å². The van der Waals surface area contributed by atoms with Crippen molar-refractivity contribution in [2.24, 2.45) is 0 Å². The van der Waals surface area contributed by atoms with Crippen LogP contribution in [-0.2, 0) is 0 Å². The van der Waals surface area contributed by atoms with E-state index < -0.39 is 69.2 Å². The normalized spacial score (nSPS) is 12.9. The van der Waals surface area contributed by atoms with Crippen molar-refractivity contribution in [3.8, 4) is 69.0 Å². The van der Waals surface area contributed by atoms with Gasteiger partial charge in [0, 0.05) is 69.8 Å². The number of unbranched alkanes of at least 4 members (excludes halogenated alkanes) is 6. The monoisotopic (exact) mass is 1100 g/mol. The van der Waals surface area contributed by atoms with E-state index in [2.05, 4.69) is 0 Å². The number of ketones is 6. The van der Waals surface area contributed by atoms with E-state index in [1.54, 1.807) is 54.6 Å². The zero-order chi connectivity index (χ0) is 56.9. The average molecular weight is 1100 g/mol. The lowest BCUT2D eigenvalue weighted by atomic mass is 9.83. The summed E-state index contributed by atoms with van der Waals surface area (Å²) < 4.78 is 36.3.